The third-order valence-electron chi connectivity index (χ3n) is 2.62. The lowest BCUT2D eigenvalue weighted by atomic mass is 9.89. The summed E-state index contributed by atoms with van der Waals surface area (Å²) in [4.78, 5) is 0. The summed E-state index contributed by atoms with van der Waals surface area (Å²) >= 11 is 0. The van der Waals surface area contributed by atoms with Crippen LogP contribution in [0.25, 0.3) is 0 Å². The van der Waals surface area contributed by atoms with Crippen molar-refractivity contribution in [2.24, 2.45) is 5.92 Å². The summed E-state index contributed by atoms with van der Waals surface area (Å²) in [5.74, 6) is 0.663. The molecule has 2 heteroatoms. The Balaban J connectivity index is 4.25. The molecule has 0 heterocycles. The second kappa shape index (κ2) is 7.24. The Morgan fingerprint density at radius 2 is 1.73 bits per heavy atom. The van der Waals surface area contributed by atoms with Gasteiger partial charge in [-0.15, -0.1) is 0 Å². The Kier molecular flexibility index (Phi) is 7.20. The number of methoxy groups -OCH3 is 1. The predicted molar refractivity (Wildman–Crippen MR) is 65.2 cm³/mol. The number of rotatable bonds is 8. The largest absolute Gasteiger partial charge is 0.382 e. The van der Waals surface area contributed by atoms with E-state index in [0.29, 0.717) is 5.92 Å². The van der Waals surface area contributed by atoms with Crippen molar-refractivity contribution < 1.29 is 9.47 Å². The molecule has 15 heavy (non-hydrogen) atoms. The Labute approximate surface area is 95.3 Å². The van der Waals surface area contributed by atoms with Crippen LogP contribution in [0.1, 0.15) is 53.9 Å². The van der Waals surface area contributed by atoms with Crippen LogP contribution in [0, 0.1) is 5.92 Å². The molecule has 0 aliphatic heterocycles. The maximum Gasteiger partial charge on any atom is 0.0681 e. The lowest BCUT2D eigenvalue weighted by Gasteiger charge is -2.33. The standard InChI is InChI=1S/C13H28O2/c1-7-8-15-13(5,9-11(2)3)10-12(4)14-6/h11-12H,7-10H2,1-6H3. The van der Waals surface area contributed by atoms with Crippen molar-refractivity contribution in [3.63, 3.8) is 0 Å². The van der Waals surface area contributed by atoms with Crippen LogP contribution in [0.5, 0.6) is 0 Å². The third kappa shape index (κ3) is 6.91. The molecule has 0 bridgehead atoms. The smallest absolute Gasteiger partial charge is 0.0681 e. The second-order valence-corrected chi connectivity index (χ2v) is 5.15. The van der Waals surface area contributed by atoms with Gasteiger partial charge in [-0.3, -0.25) is 0 Å². The van der Waals surface area contributed by atoms with Gasteiger partial charge >= 0.3 is 0 Å². The minimum Gasteiger partial charge on any atom is -0.382 e. The zero-order valence-electron chi connectivity index (χ0n) is 11.3. The summed E-state index contributed by atoms with van der Waals surface area (Å²) in [6.45, 7) is 11.8. The third-order valence-corrected chi connectivity index (χ3v) is 2.62. The Hall–Kier alpha value is -0.0800. The zero-order chi connectivity index (χ0) is 11.9. The van der Waals surface area contributed by atoms with E-state index in [1.165, 1.54) is 0 Å². The molecule has 0 fully saturated rings. The van der Waals surface area contributed by atoms with Gasteiger partial charge in [-0.1, -0.05) is 20.8 Å². The first-order chi connectivity index (χ1) is 6.93. The molecule has 0 aromatic carbocycles. The van der Waals surface area contributed by atoms with Gasteiger partial charge in [-0.25, -0.2) is 0 Å². The molecule has 0 amide bonds. The molecule has 2 unspecified atom stereocenters. The molecule has 2 nitrogen and oxygen atoms in total. The van der Waals surface area contributed by atoms with Crippen LogP contribution in [0.3, 0.4) is 0 Å². The highest BCUT2D eigenvalue weighted by Crippen LogP contribution is 2.27. The van der Waals surface area contributed by atoms with Crippen molar-refractivity contribution >= 4 is 0 Å². The first-order valence-electron chi connectivity index (χ1n) is 6.10. The van der Waals surface area contributed by atoms with Crippen LogP contribution >= 0.6 is 0 Å². The molecule has 0 spiro atoms. The average Bonchev–Trinajstić information content (AvgIpc) is 2.13. The van der Waals surface area contributed by atoms with Gasteiger partial charge in [0, 0.05) is 20.1 Å². The molecular weight excluding hydrogens is 188 g/mol. The van der Waals surface area contributed by atoms with Crippen molar-refractivity contribution in [3.8, 4) is 0 Å². The molecule has 92 valence electrons. The van der Waals surface area contributed by atoms with E-state index in [4.69, 9.17) is 9.47 Å². The highest BCUT2D eigenvalue weighted by molar-refractivity contribution is 4.79. The molecule has 0 saturated carbocycles. The fourth-order valence-corrected chi connectivity index (χ4v) is 2.10. The van der Waals surface area contributed by atoms with Crippen molar-refractivity contribution in [2.75, 3.05) is 13.7 Å². The molecule has 0 aliphatic carbocycles. The van der Waals surface area contributed by atoms with Crippen LogP contribution < -0.4 is 0 Å². The van der Waals surface area contributed by atoms with Gasteiger partial charge in [0.25, 0.3) is 0 Å². The summed E-state index contributed by atoms with van der Waals surface area (Å²) < 4.78 is 11.3. The summed E-state index contributed by atoms with van der Waals surface area (Å²) in [5, 5.41) is 0. The van der Waals surface area contributed by atoms with Crippen LogP contribution in [0.15, 0.2) is 0 Å². The van der Waals surface area contributed by atoms with Crippen molar-refractivity contribution in [3.05, 3.63) is 0 Å². The van der Waals surface area contributed by atoms with Crippen LogP contribution in [-0.4, -0.2) is 25.4 Å². The first-order valence-corrected chi connectivity index (χ1v) is 6.10. The van der Waals surface area contributed by atoms with Gasteiger partial charge in [0.15, 0.2) is 0 Å². The van der Waals surface area contributed by atoms with Gasteiger partial charge in [-0.2, -0.15) is 0 Å². The number of hydrogen-bond donors (Lipinski definition) is 0. The SMILES string of the molecule is CCCOC(C)(CC(C)C)CC(C)OC. The van der Waals surface area contributed by atoms with Crippen molar-refractivity contribution in [2.45, 2.75) is 65.6 Å². The summed E-state index contributed by atoms with van der Waals surface area (Å²) in [7, 11) is 1.76. The monoisotopic (exact) mass is 216 g/mol. The molecular formula is C13H28O2. The quantitative estimate of drug-likeness (QED) is 0.616. The summed E-state index contributed by atoms with van der Waals surface area (Å²) in [6.07, 6.45) is 3.42. The topological polar surface area (TPSA) is 18.5 Å². The fraction of sp³-hybridized carbons (Fsp3) is 1.00. The molecule has 0 rings (SSSR count). The molecule has 2 atom stereocenters. The maximum absolute atomic E-state index is 5.98. The predicted octanol–water partition coefficient (Wildman–Crippen LogP) is 3.64. The molecule has 0 aromatic rings. The molecule has 0 radical (unpaired) electrons. The normalized spacial score (nSPS) is 17.8. The van der Waals surface area contributed by atoms with E-state index in [1.807, 2.05) is 0 Å². The van der Waals surface area contributed by atoms with E-state index in [-0.39, 0.29) is 11.7 Å². The average molecular weight is 216 g/mol. The zero-order valence-corrected chi connectivity index (χ0v) is 11.3. The molecule has 0 aromatic heterocycles. The van der Waals surface area contributed by atoms with Crippen LogP contribution in [0.4, 0.5) is 0 Å². The summed E-state index contributed by atoms with van der Waals surface area (Å²) in [5.41, 5.74) is -0.0282. The number of hydrogen-bond acceptors (Lipinski definition) is 2. The van der Waals surface area contributed by atoms with Crippen LogP contribution in [0.2, 0.25) is 0 Å². The second-order valence-electron chi connectivity index (χ2n) is 5.15. The minimum atomic E-state index is -0.0282. The van der Waals surface area contributed by atoms with E-state index in [1.54, 1.807) is 7.11 Å². The van der Waals surface area contributed by atoms with Gasteiger partial charge in [-0.05, 0) is 32.6 Å². The maximum atomic E-state index is 5.98. The fourth-order valence-electron chi connectivity index (χ4n) is 2.10. The highest BCUT2D eigenvalue weighted by atomic mass is 16.5. The van der Waals surface area contributed by atoms with E-state index < -0.39 is 0 Å². The van der Waals surface area contributed by atoms with Gasteiger partial charge in [0.1, 0.15) is 0 Å². The lowest BCUT2D eigenvalue weighted by molar-refractivity contribution is -0.0766. The van der Waals surface area contributed by atoms with E-state index in [9.17, 15) is 0 Å². The van der Waals surface area contributed by atoms with E-state index in [0.717, 1.165) is 25.9 Å². The molecule has 0 aliphatic rings. The van der Waals surface area contributed by atoms with Gasteiger partial charge in [0.2, 0.25) is 0 Å². The van der Waals surface area contributed by atoms with Gasteiger partial charge < -0.3 is 9.47 Å². The first kappa shape index (κ1) is 14.9. The van der Waals surface area contributed by atoms with Crippen LogP contribution in [-0.2, 0) is 9.47 Å². The highest BCUT2D eigenvalue weighted by Gasteiger charge is 2.28. The minimum absolute atomic E-state index is 0.0282. The van der Waals surface area contributed by atoms with Crippen molar-refractivity contribution in [1.29, 1.82) is 0 Å². The molecule has 0 saturated heterocycles. The van der Waals surface area contributed by atoms with E-state index >= 15 is 0 Å². The Bertz CT molecular complexity index is 157. The Morgan fingerprint density at radius 1 is 1.13 bits per heavy atom. The Morgan fingerprint density at radius 3 is 2.13 bits per heavy atom. The molecule has 0 N–H and O–H groups in total. The summed E-state index contributed by atoms with van der Waals surface area (Å²) in [6, 6.07) is 0. The van der Waals surface area contributed by atoms with Crippen molar-refractivity contribution in [1.82, 2.24) is 0 Å². The number of ether oxygens (including phenoxy) is 2. The lowest BCUT2D eigenvalue weighted by Crippen LogP contribution is -2.35. The van der Waals surface area contributed by atoms with Gasteiger partial charge in [0.05, 0.1) is 11.7 Å². The van der Waals surface area contributed by atoms with E-state index in [2.05, 4.69) is 34.6 Å².